The highest BCUT2D eigenvalue weighted by molar-refractivity contribution is 7.21. The zero-order valence-corrected chi connectivity index (χ0v) is 14.1. The molecule has 0 aliphatic rings. The first kappa shape index (κ1) is 16.5. The van der Waals surface area contributed by atoms with Gasteiger partial charge in [-0.25, -0.2) is 0 Å². The molecule has 0 radical (unpaired) electrons. The van der Waals surface area contributed by atoms with Crippen molar-refractivity contribution in [3.8, 4) is 0 Å². The summed E-state index contributed by atoms with van der Waals surface area (Å²) in [6, 6.07) is 0. The van der Waals surface area contributed by atoms with E-state index in [0.29, 0.717) is 19.4 Å². The third-order valence-electron chi connectivity index (χ3n) is 2.04. The van der Waals surface area contributed by atoms with Crippen LogP contribution in [-0.2, 0) is 13.6 Å². The number of aliphatic hydroxyl groups excluding tert-OH is 2. The molecule has 0 aliphatic heterocycles. The maximum Gasteiger partial charge on any atom is 0.172 e. The largest absolute Gasteiger partial charge is 0.461 e. The molecule has 0 aromatic carbocycles. The Bertz CT molecular complexity index is 159. The van der Waals surface area contributed by atoms with Crippen LogP contribution in [-0.4, -0.2) is 75.7 Å². The van der Waals surface area contributed by atoms with Gasteiger partial charge in [0.25, 0.3) is 0 Å². The maximum absolute atomic E-state index is 8.56. The summed E-state index contributed by atoms with van der Waals surface area (Å²) in [5, 5.41) is 17.1. The van der Waals surface area contributed by atoms with Gasteiger partial charge in [0, 0.05) is 6.23 Å². The van der Waals surface area contributed by atoms with Crippen molar-refractivity contribution in [2.45, 2.75) is 13.1 Å². The van der Waals surface area contributed by atoms with E-state index < -0.39 is 17.6 Å². The van der Waals surface area contributed by atoms with Crippen molar-refractivity contribution in [2.24, 2.45) is 0 Å². The number of hydrogen-bond donors (Lipinski definition) is 2. The minimum absolute atomic E-state index is 0.0823. The molecule has 0 rings (SSSR count). The molecule has 0 aromatic rings. The van der Waals surface area contributed by atoms with Crippen LogP contribution in [0.5, 0.6) is 0 Å². The zero-order chi connectivity index (χ0) is 12.3. The Hall–Kier alpha value is 0.451. The van der Waals surface area contributed by atoms with Crippen molar-refractivity contribution >= 4 is 26.6 Å². The molecule has 0 unspecified atom stereocenters. The maximum atomic E-state index is 8.56. The predicted octanol–water partition coefficient (Wildman–Crippen LogP) is -2.11. The van der Waals surface area contributed by atoms with Gasteiger partial charge in [0.05, 0.1) is 41.7 Å². The molecule has 0 bridgehead atoms. The van der Waals surface area contributed by atoms with Crippen LogP contribution in [0.2, 0.25) is 13.1 Å². The average Bonchev–Trinajstić information content (AvgIpc) is 2.24. The lowest BCUT2D eigenvalue weighted by atomic mass is 10.8. The first-order valence-electron chi connectivity index (χ1n) is 5.63. The molecule has 0 amide bonds. The fourth-order valence-corrected chi connectivity index (χ4v) is 9.89. The summed E-state index contributed by atoms with van der Waals surface area (Å²) in [5.74, 6) is 0. The molecule has 0 spiro atoms. The van der Waals surface area contributed by atoms with Crippen molar-refractivity contribution in [2.75, 3.05) is 38.9 Å². The van der Waals surface area contributed by atoms with Crippen LogP contribution in [0.1, 0.15) is 0 Å². The molecule has 0 saturated heterocycles. The van der Waals surface area contributed by atoms with Crippen LogP contribution in [0.25, 0.3) is 0 Å². The average molecular weight is 285 g/mol. The molecular formula is C8H24O5Si3. The Balaban J connectivity index is 3.38. The molecule has 8 heteroatoms. The van der Waals surface area contributed by atoms with E-state index in [1.165, 1.54) is 0 Å². The van der Waals surface area contributed by atoms with Crippen LogP contribution in [0.4, 0.5) is 0 Å². The minimum atomic E-state index is -1.46. The van der Waals surface area contributed by atoms with Gasteiger partial charge < -0.3 is 23.8 Å². The van der Waals surface area contributed by atoms with Crippen LogP contribution >= 0.6 is 0 Å². The molecule has 0 fully saturated rings. The third-order valence-corrected chi connectivity index (χ3v) is 14.2. The van der Waals surface area contributed by atoms with Crippen LogP contribution in [0.15, 0.2) is 0 Å². The van der Waals surface area contributed by atoms with E-state index in [2.05, 4.69) is 13.1 Å². The highest BCUT2D eigenvalue weighted by Crippen LogP contribution is 2.00. The van der Waals surface area contributed by atoms with Crippen molar-refractivity contribution < 1.29 is 23.8 Å². The Morgan fingerprint density at radius 1 is 1.00 bits per heavy atom. The smallest absolute Gasteiger partial charge is 0.172 e. The fraction of sp³-hybridized carbons (Fsp3) is 1.00. The second-order valence-electron chi connectivity index (χ2n) is 4.03. The number of hydrogen-bond acceptors (Lipinski definition) is 5. The van der Waals surface area contributed by atoms with Gasteiger partial charge in [-0.15, -0.1) is 0 Å². The summed E-state index contributed by atoms with van der Waals surface area (Å²) >= 11 is 0. The van der Waals surface area contributed by atoms with Gasteiger partial charge in [0.2, 0.25) is 0 Å². The van der Waals surface area contributed by atoms with Crippen molar-refractivity contribution in [3.63, 3.8) is 0 Å². The van der Waals surface area contributed by atoms with Crippen molar-refractivity contribution in [1.82, 2.24) is 0 Å². The van der Waals surface area contributed by atoms with Gasteiger partial charge in [-0.05, 0) is 13.1 Å². The van der Waals surface area contributed by atoms with Gasteiger partial charge in [-0.1, -0.05) is 0 Å². The normalized spacial score (nSPS) is 13.5. The lowest BCUT2D eigenvalue weighted by Crippen LogP contribution is -2.43. The lowest BCUT2D eigenvalue weighted by Gasteiger charge is -2.22. The summed E-state index contributed by atoms with van der Waals surface area (Å²) in [6.45, 7) is 5.48. The fourth-order valence-electron chi connectivity index (χ4n) is 1.10. The molecule has 16 heavy (non-hydrogen) atoms. The van der Waals surface area contributed by atoms with Crippen LogP contribution < -0.4 is 0 Å². The summed E-state index contributed by atoms with van der Waals surface area (Å²) in [6.07, 6.45) is 1.48. The van der Waals surface area contributed by atoms with Gasteiger partial charge in [-0.3, -0.25) is 0 Å². The first-order valence-corrected chi connectivity index (χ1v) is 13.4. The van der Waals surface area contributed by atoms with E-state index in [0.717, 1.165) is 6.23 Å². The SMILES string of the molecule is C[Si](C)(O[SiH2]COCCO)[SiH2]COCCO. The zero-order valence-electron chi connectivity index (χ0n) is 10.3. The molecule has 0 heterocycles. The summed E-state index contributed by atoms with van der Waals surface area (Å²) < 4.78 is 16.4. The van der Waals surface area contributed by atoms with Crippen molar-refractivity contribution in [1.29, 1.82) is 0 Å². The molecule has 0 atom stereocenters. The second-order valence-corrected chi connectivity index (χ2v) is 17.0. The third kappa shape index (κ3) is 11.0. The van der Waals surface area contributed by atoms with Gasteiger partial charge in [0.15, 0.2) is 17.6 Å². The number of ether oxygens (including phenoxy) is 2. The standard InChI is InChI=1S/C8H24O5Si3/c1-16(2,15-8-12-6-4-10)13-14-7-11-5-3-9/h9-10H,3-8,14-15H2,1-2H3. The van der Waals surface area contributed by atoms with Crippen LogP contribution in [0, 0.1) is 0 Å². The van der Waals surface area contributed by atoms with E-state index in [1.54, 1.807) is 0 Å². The van der Waals surface area contributed by atoms with E-state index in [-0.39, 0.29) is 22.3 Å². The van der Waals surface area contributed by atoms with Crippen molar-refractivity contribution in [3.05, 3.63) is 0 Å². The number of aliphatic hydroxyl groups is 2. The van der Waals surface area contributed by atoms with Crippen LogP contribution in [0.3, 0.4) is 0 Å². The molecule has 2 N–H and O–H groups in total. The Morgan fingerprint density at radius 2 is 1.56 bits per heavy atom. The van der Waals surface area contributed by atoms with Gasteiger partial charge >= 0.3 is 0 Å². The molecule has 0 saturated carbocycles. The monoisotopic (exact) mass is 284 g/mol. The molecule has 98 valence electrons. The summed E-state index contributed by atoms with van der Waals surface area (Å²) in [4.78, 5) is 0. The first-order chi connectivity index (χ1) is 7.62. The predicted molar refractivity (Wildman–Crippen MR) is 71.5 cm³/mol. The number of rotatable bonds is 11. The van der Waals surface area contributed by atoms with E-state index in [4.69, 9.17) is 23.8 Å². The van der Waals surface area contributed by atoms with E-state index in [1.807, 2.05) is 0 Å². The molecule has 5 nitrogen and oxygen atoms in total. The molecule has 0 aromatic heterocycles. The van der Waals surface area contributed by atoms with Gasteiger partial charge in [0.1, 0.15) is 0 Å². The lowest BCUT2D eigenvalue weighted by molar-refractivity contribution is 0.118. The Morgan fingerprint density at radius 3 is 2.12 bits per heavy atom. The molecular weight excluding hydrogens is 260 g/mol. The second kappa shape index (κ2) is 10.6. The summed E-state index contributed by atoms with van der Waals surface area (Å²) in [7, 11) is -2.36. The molecule has 0 aliphatic carbocycles. The Labute approximate surface area is 103 Å². The topological polar surface area (TPSA) is 68.2 Å². The highest BCUT2D eigenvalue weighted by Gasteiger charge is 2.21. The quantitative estimate of drug-likeness (QED) is 0.336. The Kier molecular flexibility index (Phi) is 10.9. The highest BCUT2D eigenvalue weighted by atomic mass is 29.2. The summed E-state index contributed by atoms with van der Waals surface area (Å²) in [5.41, 5.74) is 0. The van der Waals surface area contributed by atoms with Gasteiger partial charge in [-0.2, -0.15) is 0 Å². The van der Waals surface area contributed by atoms with E-state index >= 15 is 0 Å². The van der Waals surface area contributed by atoms with E-state index in [9.17, 15) is 0 Å². The minimum Gasteiger partial charge on any atom is -0.461 e.